The molecule has 58 valence electrons. The Bertz CT molecular complexity index is 442. The van der Waals surface area contributed by atoms with Gasteiger partial charge in [0.05, 0.1) is 0 Å². The van der Waals surface area contributed by atoms with Crippen LogP contribution in [0.2, 0.25) is 0 Å². The predicted molar refractivity (Wildman–Crippen MR) is 50.3 cm³/mol. The molecule has 0 atom stereocenters. The second-order valence-electron chi connectivity index (χ2n) is 2.82. The summed E-state index contributed by atoms with van der Waals surface area (Å²) in [5, 5.41) is 4.09. The van der Waals surface area contributed by atoms with E-state index < -0.39 is 0 Å². The summed E-state index contributed by atoms with van der Waals surface area (Å²) in [6.07, 6.45) is 2.04. The molecule has 0 radical (unpaired) electrons. The van der Waals surface area contributed by atoms with E-state index in [-0.39, 0.29) is 0 Å². The van der Waals surface area contributed by atoms with Gasteiger partial charge in [0.15, 0.2) is 5.82 Å². The van der Waals surface area contributed by atoms with Crippen LogP contribution >= 0.6 is 15.9 Å². The molecule has 2 nitrogen and oxygen atoms in total. The van der Waals surface area contributed by atoms with E-state index in [0.29, 0.717) is 0 Å². The lowest BCUT2D eigenvalue weighted by molar-refractivity contribution is 1.11. The fourth-order valence-electron chi connectivity index (χ4n) is 1.29. The first-order valence-corrected chi connectivity index (χ1v) is 4.50. The van der Waals surface area contributed by atoms with Gasteiger partial charge in [-0.05, 0) is 17.7 Å². The number of rotatable bonds is 1. The molecule has 3 rings (SSSR count). The molecule has 0 N–H and O–H groups in total. The monoisotopic (exact) mass is 220 g/mol. The smallest absolute Gasteiger partial charge is 0.183 e. The zero-order valence-corrected chi connectivity index (χ0v) is 7.75. The Hall–Kier alpha value is -1.09. The van der Waals surface area contributed by atoms with Crippen molar-refractivity contribution >= 4 is 15.9 Å². The van der Waals surface area contributed by atoms with Gasteiger partial charge in [-0.1, -0.05) is 28.1 Å². The molecule has 2 aliphatic rings. The van der Waals surface area contributed by atoms with Crippen LogP contribution in [0.3, 0.4) is 0 Å². The van der Waals surface area contributed by atoms with Crippen molar-refractivity contribution in [2.24, 2.45) is 0 Å². The fourth-order valence-corrected chi connectivity index (χ4v) is 1.56. The van der Waals surface area contributed by atoms with E-state index in [1.807, 2.05) is 23.0 Å². The highest BCUT2D eigenvalue weighted by atomic mass is 79.9. The van der Waals surface area contributed by atoms with Crippen LogP contribution < -0.4 is 0 Å². The molecule has 3 heteroatoms. The molecule has 0 bridgehead atoms. The number of hydrogen-bond acceptors (Lipinski definition) is 1. The summed E-state index contributed by atoms with van der Waals surface area (Å²) in [7, 11) is 0. The minimum atomic E-state index is 1.11. The van der Waals surface area contributed by atoms with Crippen molar-refractivity contribution in [3.05, 3.63) is 34.9 Å². The standard InChI is InChI=1S/C9H5BrN2/c10-7-3-1-6(2-4-7)8-5-12-9(8)11-12/h1-5H. The summed E-state index contributed by atoms with van der Waals surface area (Å²) >= 11 is 3.40. The highest BCUT2D eigenvalue weighted by Crippen LogP contribution is 2.35. The van der Waals surface area contributed by atoms with Crippen LogP contribution in [0.15, 0.2) is 34.9 Å². The Balaban J connectivity index is 2.09. The summed E-state index contributed by atoms with van der Waals surface area (Å²) in [5.74, 6) is 1.12. The molecule has 0 amide bonds. The third kappa shape index (κ3) is 0.770. The first-order chi connectivity index (χ1) is 5.84. The van der Waals surface area contributed by atoms with Gasteiger partial charge in [-0.15, -0.1) is 5.10 Å². The zero-order valence-electron chi connectivity index (χ0n) is 6.16. The highest BCUT2D eigenvalue weighted by Gasteiger charge is 2.24. The normalized spacial score (nSPS) is 11.8. The molecule has 0 saturated heterocycles. The molecule has 0 spiro atoms. The molecule has 0 aromatic heterocycles. The topological polar surface area (TPSA) is 17.8 Å². The largest absolute Gasteiger partial charge is 0.217 e. The summed E-state index contributed by atoms with van der Waals surface area (Å²) in [5.41, 5.74) is 2.49. The number of aromatic nitrogens is 2. The Morgan fingerprint density at radius 2 is 1.92 bits per heavy atom. The SMILES string of the molecule is Brc1ccc(-c2cn3nc2-3)cc1. The van der Waals surface area contributed by atoms with Crippen LogP contribution in [0.5, 0.6) is 0 Å². The number of benzene rings is 1. The minimum absolute atomic E-state index is 1.11. The van der Waals surface area contributed by atoms with Crippen molar-refractivity contribution in [2.45, 2.75) is 0 Å². The molecule has 12 heavy (non-hydrogen) atoms. The molecule has 0 aliphatic carbocycles. The van der Waals surface area contributed by atoms with Gasteiger partial charge in [0.25, 0.3) is 0 Å². The van der Waals surface area contributed by atoms with Gasteiger partial charge in [0, 0.05) is 16.2 Å². The highest BCUT2D eigenvalue weighted by molar-refractivity contribution is 9.10. The average molecular weight is 221 g/mol. The summed E-state index contributed by atoms with van der Waals surface area (Å²) in [4.78, 5) is 0. The van der Waals surface area contributed by atoms with Crippen molar-refractivity contribution in [2.75, 3.05) is 0 Å². The quantitative estimate of drug-likeness (QED) is 0.617. The van der Waals surface area contributed by atoms with Crippen molar-refractivity contribution in [1.82, 2.24) is 9.78 Å². The molecule has 0 unspecified atom stereocenters. The van der Waals surface area contributed by atoms with Gasteiger partial charge in [-0.25, -0.2) is 4.68 Å². The van der Waals surface area contributed by atoms with Crippen LogP contribution in [0.25, 0.3) is 16.9 Å². The van der Waals surface area contributed by atoms with Crippen LogP contribution in [-0.4, -0.2) is 9.78 Å². The van der Waals surface area contributed by atoms with Gasteiger partial charge in [-0.2, -0.15) is 0 Å². The van der Waals surface area contributed by atoms with Crippen LogP contribution in [0.1, 0.15) is 0 Å². The lowest BCUT2D eigenvalue weighted by Gasteiger charge is -2.02. The maximum atomic E-state index is 4.09. The third-order valence-electron chi connectivity index (χ3n) is 2.03. The van der Waals surface area contributed by atoms with Crippen molar-refractivity contribution in [1.29, 1.82) is 0 Å². The average Bonchev–Trinajstić information content (AvgIpc) is 2.67. The lowest BCUT2D eigenvalue weighted by Crippen LogP contribution is -1.86. The van der Waals surface area contributed by atoms with Gasteiger partial charge >= 0.3 is 0 Å². The van der Waals surface area contributed by atoms with E-state index in [9.17, 15) is 0 Å². The second-order valence-corrected chi connectivity index (χ2v) is 3.73. The lowest BCUT2D eigenvalue weighted by atomic mass is 10.1. The molecule has 1 aromatic carbocycles. The minimum Gasteiger partial charge on any atom is -0.217 e. The van der Waals surface area contributed by atoms with E-state index in [0.717, 1.165) is 10.3 Å². The van der Waals surface area contributed by atoms with Gasteiger partial charge in [0.1, 0.15) is 0 Å². The van der Waals surface area contributed by atoms with Crippen LogP contribution in [-0.2, 0) is 0 Å². The predicted octanol–water partition coefficient (Wildman–Crippen LogP) is 2.62. The Labute approximate surface area is 78.0 Å². The van der Waals surface area contributed by atoms with E-state index in [1.54, 1.807) is 0 Å². The molecule has 2 aliphatic heterocycles. The summed E-state index contributed by atoms with van der Waals surface area (Å²) in [6, 6.07) is 8.27. The first kappa shape index (κ1) is 6.43. The maximum absolute atomic E-state index is 4.09. The Morgan fingerprint density at radius 3 is 2.42 bits per heavy atom. The van der Waals surface area contributed by atoms with Gasteiger partial charge in [-0.3, -0.25) is 0 Å². The zero-order chi connectivity index (χ0) is 8.13. The van der Waals surface area contributed by atoms with Crippen molar-refractivity contribution in [3.63, 3.8) is 0 Å². The fraction of sp³-hybridized carbons (Fsp3) is 0. The number of hydrogen-bond donors (Lipinski definition) is 0. The summed E-state index contributed by atoms with van der Waals surface area (Å²) < 4.78 is 3.00. The molecular formula is C9H5BrN2. The molecule has 1 aromatic rings. The Morgan fingerprint density at radius 1 is 1.17 bits per heavy atom. The van der Waals surface area contributed by atoms with E-state index in [2.05, 4.69) is 33.2 Å². The summed E-state index contributed by atoms with van der Waals surface area (Å²) in [6.45, 7) is 0. The van der Waals surface area contributed by atoms with E-state index in [4.69, 9.17) is 0 Å². The van der Waals surface area contributed by atoms with Crippen LogP contribution in [0, 0.1) is 0 Å². The molecular weight excluding hydrogens is 216 g/mol. The Kier molecular flexibility index (Phi) is 1.06. The first-order valence-electron chi connectivity index (χ1n) is 3.70. The van der Waals surface area contributed by atoms with Crippen molar-refractivity contribution < 1.29 is 0 Å². The number of fused-ring (bicyclic) bond motifs is 1. The molecule has 2 heterocycles. The maximum Gasteiger partial charge on any atom is 0.183 e. The van der Waals surface area contributed by atoms with E-state index >= 15 is 0 Å². The second kappa shape index (κ2) is 1.98. The van der Waals surface area contributed by atoms with Gasteiger partial charge in [0.2, 0.25) is 0 Å². The third-order valence-corrected chi connectivity index (χ3v) is 2.56. The van der Waals surface area contributed by atoms with Gasteiger partial charge < -0.3 is 0 Å². The number of nitrogens with zero attached hydrogens (tertiary/aromatic N) is 2. The van der Waals surface area contributed by atoms with Crippen molar-refractivity contribution in [3.8, 4) is 16.9 Å². The molecule has 0 fully saturated rings. The van der Waals surface area contributed by atoms with E-state index in [1.165, 1.54) is 11.1 Å². The molecule has 0 saturated carbocycles. The number of halogens is 1. The van der Waals surface area contributed by atoms with Crippen LogP contribution in [0.4, 0.5) is 0 Å².